The molecule has 5 heteroatoms. The Hall–Kier alpha value is -0.780. The number of rotatable bonds is 4. The number of thioether (sulfide) groups is 1. The maximum atomic E-state index is 12.2. The number of nitrogens with one attached hydrogen (secondary N) is 2. The fraction of sp³-hybridized carbons (Fsp3) is 0.533. The number of hydrogen-bond acceptors (Lipinski definition) is 4. The molecule has 0 fully saturated rings. The molecule has 1 aromatic rings. The molecule has 0 saturated heterocycles. The highest BCUT2D eigenvalue weighted by Gasteiger charge is 2.17. The van der Waals surface area contributed by atoms with Gasteiger partial charge >= 0.3 is 0 Å². The number of amides is 1. The highest BCUT2D eigenvalue weighted by atomic mass is 32.2. The van der Waals surface area contributed by atoms with E-state index in [-0.39, 0.29) is 5.91 Å². The van der Waals surface area contributed by atoms with Crippen molar-refractivity contribution in [2.24, 2.45) is 0 Å². The number of carbonyl (C=O) groups excluding carboxylic acids is 1. The van der Waals surface area contributed by atoms with Crippen molar-refractivity contribution in [3.05, 3.63) is 33.0 Å². The van der Waals surface area contributed by atoms with Crippen molar-refractivity contribution in [2.45, 2.75) is 25.0 Å². The van der Waals surface area contributed by atoms with E-state index in [0.717, 1.165) is 49.5 Å². The van der Waals surface area contributed by atoms with Crippen LogP contribution in [0, 0.1) is 0 Å². The zero-order valence-electron chi connectivity index (χ0n) is 11.5. The maximum absolute atomic E-state index is 12.2. The third-order valence-corrected chi connectivity index (χ3v) is 5.98. The Morgan fingerprint density at radius 1 is 1.40 bits per heavy atom. The number of hydrogen-bond donors (Lipinski definition) is 2. The van der Waals surface area contributed by atoms with Crippen LogP contribution in [0.15, 0.2) is 17.7 Å². The third kappa shape index (κ3) is 3.45. The lowest BCUT2D eigenvalue weighted by molar-refractivity contribution is 0.0958. The van der Waals surface area contributed by atoms with Gasteiger partial charge in [-0.15, -0.1) is 11.3 Å². The quantitative estimate of drug-likeness (QED) is 0.840. The van der Waals surface area contributed by atoms with Gasteiger partial charge in [0.25, 0.3) is 5.91 Å². The van der Waals surface area contributed by atoms with Crippen molar-refractivity contribution in [3.8, 4) is 0 Å². The Balaban J connectivity index is 1.51. The molecule has 3 heterocycles. The summed E-state index contributed by atoms with van der Waals surface area (Å²) in [6.07, 6.45) is 5.46. The predicted molar refractivity (Wildman–Crippen MR) is 86.7 cm³/mol. The summed E-state index contributed by atoms with van der Waals surface area (Å²) < 4.78 is 0. The summed E-state index contributed by atoms with van der Waals surface area (Å²) in [7, 11) is 0. The minimum absolute atomic E-state index is 0.101. The molecule has 3 nitrogen and oxygen atoms in total. The molecule has 0 saturated carbocycles. The van der Waals surface area contributed by atoms with Gasteiger partial charge in [-0.2, -0.15) is 11.8 Å². The molecule has 20 heavy (non-hydrogen) atoms. The Morgan fingerprint density at radius 2 is 2.35 bits per heavy atom. The summed E-state index contributed by atoms with van der Waals surface area (Å²) in [6.45, 7) is 2.79. The number of carbonyl (C=O) groups is 1. The van der Waals surface area contributed by atoms with Crippen LogP contribution in [0.2, 0.25) is 0 Å². The summed E-state index contributed by atoms with van der Waals surface area (Å²) in [5.74, 6) is 2.36. The van der Waals surface area contributed by atoms with Crippen molar-refractivity contribution >= 4 is 29.0 Å². The first-order valence-electron chi connectivity index (χ1n) is 7.19. The Bertz CT molecular complexity index is 498. The molecule has 1 amide bonds. The second-order valence-electron chi connectivity index (χ2n) is 5.18. The van der Waals surface area contributed by atoms with Crippen molar-refractivity contribution < 1.29 is 4.79 Å². The Kier molecular flexibility index (Phi) is 4.81. The number of aryl methyl sites for hydroxylation is 1. The standard InChI is InChI=1S/C15H20N2OS2/c18-15(17-7-3-11-1-5-16-6-2-11)14-9-12-10-19-8-4-13(12)20-14/h1,9,16H,2-8,10H2,(H,17,18). The van der Waals surface area contributed by atoms with Gasteiger partial charge in [0.05, 0.1) is 4.88 Å². The van der Waals surface area contributed by atoms with Crippen LogP contribution in [0.25, 0.3) is 0 Å². The monoisotopic (exact) mass is 308 g/mol. The molecule has 0 unspecified atom stereocenters. The normalized spacial score (nSPS) is 18.3. The molecule has 0 spiro atoms. The van der Waals surface area contributed by atoms with Crippen LogP contribution < -0.4 is 10.6 Å². The van der Waals surface area contributed by atoms with Gasteiger partial charge in [0.15, 0.2) is 0 Å². The van der Waals surface area contributed by atoms with Crippen LogP contribution in [0.1, 0.15) is 33.0 Å². The maximum Gasteiger partial charge on any atom is 0.261 e. The van der Waals surface area contributed by atoms with Crippen LogP contribution in [-0.2, 0) is 12.2 Å². The van der Waals surface area contributed by atoms with Gasteiger partial charge in [0, 0.05) is 23.7 Å². The first kappa shape index (κ1) is 14.2. The van der Waals surface area contributed by atoms with Crippen LogP contribution in [-0.4, -0.2) is 31.3 Å². The minimum Gasteiger partial charge on any atom is -0.351 e. The van der Waals surface area contributed by atoms with Crippen LogP contribution in [0.4, 0.5) is 0 Å². The smallest absolute Gasteiger partial charge is 0.261 e. The first-order chi connectivity index (χ1) is 9.83. The van der Waals surface area contributed by atoms with Gasteiger partial charge in [-0.3, -0.25) is 4.79 Å². The molecule has 108 valence electrons. The fourth-order valence-corrected chi connectivity index (χ4v) is 4.87. The summed E-state index contributed by atoms with van der Waals surface area (Å²) >= 11 is 3.64. The summed E-state index contributed by atoms with van der Waals surface area (Å²) in [5.41, 5.74) is 2.84. The Morgan fingerprint density at radius 3 is 3.15 bits per heavy atom. The second-order valence-corrected chi connectivity index (χ2v) is 7.43. The Labute approximate surface area is 128 Å². The van der Waals surface area contributed by atoms with Gasteiger partial charge in [-0.05, 0) is 43.2 Å². The van der Waals surface area contributed by atoms with Crippen LogP contribution in [0.3, 0.4) is 0 Å². The van der Waals surface area contributed by atoms with E-state index in [0.29, 0.717) is 0 Å². The van der Waals surface area contributed by atoms with Crippen molar-refractivity contribution in [1.82, 2.24) is 10.6 Å². The summed E-state index contributed by atoms with van der Waals surface area (Å²) in [4.78, 5) is 14.5. The number of fused-ring (bicyclic) bond motifs is 1. The zero-order valence-corrected chi connectivity index (χ0v) is 13.2. The van der Waals surface area contributed by atoms with E-state index in [1.807, 2.05) is 11.8 Å². The first-order valence-corrected chi connectivity index (χ1v) is 9.16. The van der Waals surface area contributed by atoms with E-state index in [1.54, 1.807) is 11.3 Å². The van der Waals surface area contributed by atoms with Gasteiger partial charge in [0.1, 0.15) is 0 Å². The SMILES string of the molecule is O=C(NCCC1=CCNCC1)c1cc2c(s1)CCSC2. The summed E-state index contributed by atoms with van der Waals surface area (Å²) in [5, 5.41) is 6.36. The molecule has 3 rings (SSSR count). The summed E-state index contributed by atoms with van der Waals surface area (Å²) in [6, 6.07) is 2.09. The van der Waals surface area contributed by atoms with Gasteiger partial charge in [-0.25, -0.2) is 0 Å². The zero-order chi connectivity index (χ0) is 13.8. The molecule has 1 aromatic heterocycles. The lowest BCUT2D eigenvalue weighted by atomic mass is 10.1. The van der Waals surface area contributed by atoms with E-state index in [9.17, 15) is 4.79 Å². The lowest BCUT2D eigenvalue weighted by Crippen LogP contribution is -2.26. The molecule has 0 aromatic carbocycles. The van der Waals surface area contributed by atoms with Crippen LogP contribution >= 0.6 is 23.1 Å². The average Bonchev–Trinajstić information content (AvgIpc) is 2.92. The third-order valence-electron chi connectivity index (χ3n) is 3.74. The lowest BCUT2D eigenvalue weighted by Gasteiger charge is -2.13. The molecule has 0 bridgehead atoms. The van der Waals surface area contributed by atoms with E-state index >= 15 is 0 Å². The molecular weight excluding hydrogens is 288 g/mol. The molecule has 0 atom stereocenters. The topological polar surface area (TPSA) is 41.1 Å². The van der Waals surface area contributed by atoms with Crippen molar-refractivity contribution in [1.29, 1.82) is 0 Å². The number of thiophene rings is 1. The molecular formula is C15H20N2OS2. The minimum atomic E-state index is 0.101. The molecule has 2 aliphatic rings. The van der Waals surface area contributed by atoms with E-state index in [4.69, 9.17) is 0 Å². The van der Waals surface area contributed by atoms with Gasteiger partial charge in [-0.1, -0.05) is 11.6 Å². The highest BCUT2D eigenvalue weighted by molar-refractivity contribution is 7.98. The van der Waals surface area contributed by atoms with Crippen LogP contribution in [0.5, 0.6) is 0 Å². The average molecular weight is 308 g/mol. The molecule has 2 aliphatic heterocycles. The highest BCUT2D eigenvalue weighted by Crippen LogP contribution is 2.31. The van der Waals surface area contributed by atoms with Gasteiger partial charge in [0.2, 0.25) is 0 Å². The van der Waals surface area contributed by atoms with E-state index in [2.05, 4.69) is 22.8 Å². The van der Waals surface area contributed by atoms with E-state index < -0.39 is 0 Å². The molecule has 0 aliphatic carbocycles. The second kappa shape index (κ2) is 6.78. The predicted octanol–water partition coefficient (Wildman–Crippen LogP) is 2.58. The largest absolute Gasteiger partial charge is 0.351 e. The fourth-order valence-electron chi connectivity index (χ4n) is 2.58. The molecule has 2 N–H and O–H groups in total. The molecule has 0 radical (unpaired) electrons. The van der Waals surface area contributed by atoms with Crippen molar-refractivity contribution in [3.63, 3.8) is 0 Å². The van der Waals surface area contributed by atoms with E-state index in [1.165, 1.54) is 21.8 Å². The van der Waals surface area contributed by atoms with Crippen molar-refractivity contribution in [2.75, 3.05) is 25.4 Å². The van der Waals surface area contributed by atoms with Gasteiger partial charge < -0.3 is 10.6 Å².